The van der Waals surface area contributed by atoms with Gasteiger partial charge in [0.15, 0.2) is 0 Å². The summed E-state index contributed by atoms with van der Waals surface area (Å²) in [5.74, 6) is 0.983. The first-order valence-electron chi connectivity index (χ1n) is 5.58. The van der Waals surface area contributed by atoms with Crippen molar-refractivity contribution in [2.45, 2.75) is 0 Å². The molecule has 2 aliphatic rings. The molecule has 5 heteroatoms. The number of nitrogens with one attached hydrogen (secondary N) is 1. The highest BCUT2D eigenvalue weighted by Crippen LogP contribution is 2.42. The monoisotopic (exact) mass is 250 g/mol. The third-order valence-corrected chi connectivity index (χ3v) is 5.60. The van der Waals surface area contributed by atoms with Crippen LogP contribution in [0.25, 0.3) is 0 Å². The summed E-state index contributed by atoms with van der Waals surface area (Å²) in [4.78, 5) is 13.8. The van der Waals surface area contributed by atoms with Gasteiger partial charge in [-0.25, -0.2) is 4.21 Å². The van der Waals surface area contributed by atoms with Crippen molar-refractivity contribution in [1.82, 2.24) is 4.90 Å². The van der Waals surface area contributed by atoms with Crippen LogP contribution in [0.15, 0.2) is 30.3 Å². The van der Waals surface area contributed by atoms with E-state index in [1.54, 1.807) is 4.90 Å². The number of nitrogens with zero attached hydrogens (tertiary/aromatic N) is 1. The second-order valence-electron chi connectivity index (χ2n) is 5.13. The van der Waals surface area contributed by atoms with E-state index in [1.807, 2.05) is 30.3 Å². The molecule has 0 atom stereocenters. The molecule has 2 saturated heterocycles. The maximum absolute atomic E-state index is 12.0. The van der Waals surface area contributed by atoms with E-state index in [0.717, 1.165) is 0 Å². The fourth-order valence-corrected chi connectivity index (χ4v) is 5.06. The summed E-state index contributed by atoms with van der Waals surface area (Å²) in [5, 5.41) is 0. The summed E-state index contributed by atoms with van der Waals surface area (Å²) in [6.45, 7) is 1.33. The molecule has 4 nitrogen and oxygen atoms in total. The van der Waals surface area contributed by atoms with Crippen LogP contribution in [0.4, 0.5) is 0 Å². The van der Waals surface area contributed by atoms with E-state index in [-0.39, 0.29) is 11.3 Å². The molecule has 17 heavy (non-hydrogen) atoms. The van der Waals surface area contributed by atoms with E-state index in [0.29, 0.717) is 30.2 Å². The van der Waals surface area contributed by atoms with Crippen molar-refractivity contribution in [3.05, 3.63) is 35.9 Å². The molecule has 1 aromatic rings. The van der Waals surface area contributed by atoms with Crippen LogP contribution >= 0.6 is 0 Å². The quantitative estimate of drug-likeness (QED) is 0.813. The van der Waals surface area contributed by atoms with E-state index in [4.69, 9.17) is 4.78 Å². The highest BCUT2D eigenvalue weighted by atomic mass is 32.2. The normalized spacial score (nSPS) is 23.9. The van der Waals surface area contributed by atoms with Gasteiger partial charge in [-0.3, -0.25) is 9.57 Å². The minimum absolute atomic E-state index is 0.00325. The molecule has 0 radical (unpaired) electrons. The first kappa shape index (κ1) is 10.8. The zero-order valence-electron chi connectivity index (χ0n) is 9.39. The lowest BCUT2D eigenvalue weighted by molar-refractivity contribution is 0.0210. The van der Waals surface area contributed by atoms with Crippen LogP contribution < -0.4 is 0 Å². The summed E-state index contributed by atoms with van der Waals surface area (Å²) >= 11 is 0. The number of benzene rings is 1. The predicted octanol–water partition coefficient (Wildman–Crippen LogP) is 1.19. The average Bonchev–Trinajstić information content (AvgIpc) is 2.22. The highest BCUT2D eigenvalue weighted by Gasteiger charge is 2.55. The van der Waals surface area contributed by atoms with Crippen LogP contribution in [-0.2, 0) is 9.73 Å². The van der Waals surface area contributed by atoms with Gasteiger partial charge >= 0.3 is 0 Å². The van der Waals surface area contributed by atoms with Crippen LogP contribution in [0.3, 0.4) is 0 Å². The Morgan fingerprint density at radius 1 is 1.24 bits per heavy atom. The summed E-state index contributed by atoms with van der Waals surface area (Å²) in [5.41, 5.74) is 0.705. The molecular weight excluding hydrogens is 236 g/mol. The molecule has 2 heterocycles. The summed E-state index contributed by atoms with van der Waals surface area (Å²) in [6, 6.07) is 9.20. The van der Waals surface area contributed by atoms with Crippen LogP contribution in [0.1, 0.15) is 10.4 Å². The maximum atomic E-state index is 12.0. The fourth-order valence-electron chi connectivity index (χ4n) is 2.80. The van der Waals surface area contributed by atoms with Gasteiger partial charge in [0.2, 0.25) is 0 Å². The fraction of sp³-hybridized carbons (Fsp3) is 0.417. The van der Waals surface area contributed by atoms with Gasteiger partial charge in [-0.05, 0) is 12.1 Å². The first-order chi connectivity index (χ1) is 8.00. The van der Waals surface area contributed by atoms with Crippen molar-refractivity contribution >= 4 is 15.6 Å². The van der Waals surface area contributed by atoms with Gasteiger partial charge in [0.25, 0.3) is 5.91 Å². The topological polar surface area (TPSA) is 61.2 Å². The van der Waals surface area contributed by atoms with Gasteiger partial charge in [-0.15, -0.1) is 0 Å². The molecule has 90 valence electrons. The SMILES string of the molecule is N=S1(=O)CC2(CN(C(=O)c3ccccc3)C2)C1. The van der Waals surface area contributed by atoms with Gasteiger partial charge in [-0.2, -0.15) is 0 Å². The van der Waals surface area contributed by atoms with Crippen LogP contribution in [0.5, 0.6) is 0 Å². The van der Waals surface area contributed by atoms with Crippen molar-refractivity contribution in [2.24, 2.45) is 5.41 Å². The Morgan fingerprint density at radius 3 is 2.35 bits per heavy atom. The van der Waals surface area contributed by atoms with Gasteiger partial charge in [0.05, 0.1) is 0 Å². The number of carbonyl (C=O) groups is 1. The molecule has 2 fully saturated rings. The zero-order chi connectivity index (χ0) is 12.1. The van der Waals surface area contributed by atoms with Crippen LogP contribution in [0, 0.1) is 10.2 Å². The smallest absolute Gasteiger partial charge is 0.253 e. The molecule has 0 unspecified atom stereocenters. The third kappa shape index (κ3) is 1.74. The molecule has 0 aromatic heterocycles. The Morgan fingerprint density at radius 2 is 1.82 bits per heavy atom. The predicted molar refractivity (Wildman–Crippen MR) is 65.4 cm³/mol. The number of rotatable bonds is 1. The van der Waals surface area contributed by atoms with Crippen molar-refractivity contribution in [3.63, 3.8) is 0 Å². The Balaban J connectivity index is 1.66. The Hall–Kier alpha value is -1.36. The molecule has 2 aliphatic heterocycles. The molecule has 0 aliphatic carbocycles. The second-order valence-corrected chi connectivity index (χ2v) is 7.33. The van der Waals surface area contributed by atoms with E-state index < -0.39 is 9.73 Å². The highest BCUT2D eigenvalue weighted by molar-refractivity contribution is 7.93. The summed E-state index contributed by atoms with van der Waals surface area (Å²) < 4.78 is 18.8. The summed E-state index contributed by atoms with van der Waals surface area (Å²) in [7, 11) is -2.30. The second kappa shape index (κ2) is 3.32. The molecule has 1 aromatic carbocycles. The van der Waals surface area contributed by atoms with E-state index in [9.17, 15) is 9.00 Å². The molecule has 0 bridgehead atoms. The summed E-state index contributed by atoms with van der Waals surface area (Å²) in [6.07, 6.45) is 0. The molecule has 1 N–H and O–H groups in total. The molecular formula is C12H14N2O2S. The standard InChI is InChI=1S/C12H14N2O2S/c13-17(16)8-12(9-17)6-14(7-12)11(15)10-4-2-1-3-5-10/h1-5,13H,6-9H2. The average molecular weight is 250 g/mol. The Labute approximate surface area is 101 Å². The number of amides is 1. The van der Waals surface area contributed by atoms with Crippen molar-refractivity contribution in [2.75, 3.05) is 24.6 Å². The van der Waals surface area contributed by atoms with E-state index in [2.05, 4.69) is 0 Å². The Kier molecular flexibility index (Phi) is 2.10. The largest absolute Gasteiger partial charge is 0.337 e. The van der Waals surface area contributed by atoms with Crippen molar-refractivity contribution in [3.8, 4) is 0 Å². The van der Waals surface area contributed by atoms with E-state index in [1.165, 1.54) is 0 Å². The van der Waals surface area contributed by atoms with Crippen LogP contribution in [-0.4, -0.2) is 39.6 Å². The van der Waals surface area contributed by atoms with Crippen LogP contribution in [0.2, 0.25) is 0 Å². The minimum atomic E-state index is -2.30. The van der Waals surface area contributed by atoms with E-state index >= 15 is 0 Å². The third-order valence-electron chi connectivity index (χ3n) is 3.44. The zero-order valence-corrected chi connectivity index (χ0v) is 10.2. The number of carbonyl (C=O) groups excluding carboxylic acids is 1. The molecule has 1 amide bonds. The van der Waals surface area contributed by atoms with Crippen molar-refractivity contribution < 1.29 is 9.00 Å². The number of likely N-dealkylation sites (tertiary alicyclic amines) is 1. The lowest BCUT2D eigenvalue weighted by Crippen LogP contribution is -2.69. The lowest BCUT2D eigenvalue weighted by Gasteiger charge is -2.55. The molecule has 3 rings (SSSR count). The maximum Gasteiger partial charge on any atom is 0.253 e. The Bertz CT molecular complexity index is 545. The van der Waals surface area contributed by atoms with Gasteiger partial charge in [0.1, 0.15) is 0 Å². The number of hydrogen-bond acceptors (Lipinski definition) is 3. The molecule has 1 spiro atoms. The number of hydrogen-bond donors (Lipinski definition) is 1. The molecule has 0 saturated carbocycles. The minimum Gasteiger partial charge on any atom is -0.337 e. The lowest BCUT2D eigenvalue weighted by atomic mass is 9.82. The van der Waals surface area contributed by atoms with Crippen molar-refractivity contribution in [1.29, 1.82) is 4.78 Å². The van der Waals surface area contributed by atoms with Gasteiger partial charge < -0.3 is 4.90 Å². The van der Waals surface area contributed by atoms with Gasteiger partial charge in [-0.1, -0.05) is 18.2 Å². The van der Waals surface area contributed by atoms with Gasteiger partial charge in [0, 0.05) is 45.3 Å². The first-order valence-corrected chi connectivity index (χ1v) is 7.48.